The van der Waals surface area contributed by atoms with E-state index in [0.29, 0.717) is 5.52 Å². The fourth-order valence-corrected chi connectivity index (χ4v) is 1.34. The van der Waals surface area contributed by atoms with E-state index in [1.54, 1.807) is 6.07 Å². The van der Waals surface area contributed by atoms with E-state index in [1.807, 2.05) is 0 Å². The summed E-state index contributed by atoms with van der Waals surface area (Å²) in [6.07, 6.45) is -3.43. The van der Waals surface area contributed by atoms with E-state index in [0.717, 1.165) is 5.32 Å². The summed E-state index contributed by atoms with van der Waals surface area (Å²) in [4.78, 5) is 17.8. The predicted octanol–water partition coefficient (Wildman–Crippen LogP) is 1.81. The third-order valence-electron chi connectivity index (χ3n) is 1.95. The van der Waals surface area contributed by atoms with Crippen LogP contribution in [0.25, 0.3) is 11.0 Å². The van der Waals surface area contributed by atoms with Gasteiger partial charge < -0.3 is 4.98 Å². The van der Waals surface area contributed by atoms with Crippen molar-refractivity contribution < 1.29 is 18.0 Å². The van der Waals surface area contributed by atoms with E-state index in [1.165, 1.54) is 18.5 Å². The summed E-state index contributed by atoms with van der Waals surface area (Å²) in [5.41, 5.74) is 0.607. The molecule has 0 bridgehead atoms. The maximum Gasteiger partial charge on any atom is 0.484 e. The number of imidazole rings is 1. The topological polar surface area (TPSA) is 57.8 Å². The molecule has 7 heteroatoms. The van der Waals surface area contributed by atoms with Crippen LogP contribution in [0.3, 0.4) is 0 Å². The number of nitrogens with zero attached hydrogens (tertiary/aromatic N) is 1. The van der Waals surface area contributed by atoms with Crippen LogP contribution < -0.4 is 5.32 Å². The SMILES string of the molecule is O=C(NC(F)(F)F)c1cccc2[nH]cnc12. The molecular formula is C9H6F3N3O. The number of fused-ring (bicyclic) bond motifs is 1. The van der Waals surface area contributed by atoms with Crippen molar-refractivity contribution in [2.75, 3.05) is 0 Å². The number of benzene rings is 1. The fourth-order valence-electron chi connectivity index (χ4n) is 1.34. The first-order valence-electron chi connectivity index (χ1n) is 4.29. The third-order valence-corrected chi connectivity index (χ3v) is 1.95. The van der Waals surface area contributed by atoms with Crippen molar-refractivity contribution in [2.45, 2.75) is 6.30 Å². The van der Waals surface area contributed by atoms with Crippen molar-refractivity contribution >= 4 is 16.9 Å². The molecular weight excluding hydrogens is 223 g/mol. The number of hydrogen-bond donors (Lipinski definition) is 2. The van der Waals surface area contributed by atoms with Crippen molar-refractivity contribution in [3.63, 3.8) is 0 Å². The van der Waals surface area contributed by atoms with Gasteiger partial charge in [0.15, 0.2) is 0 Å². The number of para-hydroxylation sites is 1. The van der Waals surface area contributed by atoms with Crippen molar-refractivity contribution in [3.05, 3.63) is 30.1 Å². The molecule has 0 radical (unpaired) electrons. The number of H-pyrrole nitrogens is 1. The zero-order chi connectivity index (χ0) is 11.8. The van der Waals surface area contributed by atoms with Crippen molar-refractivity contribution in [3.8, 4) is 0 Å². The number of hydrogen-bond acceptors (Lipinski definition) is 2. The monoisotopic (exact) mass is 229 g/mol. The van der Waals surface area contributed by atoms with Crippen LogP contribution in [0.5, 0.6) is 0 Å². The summed E-state index contributed by atoms with van der Waals surface area (Å²) in [7, 11) is 0. The van der Waals surface area contributed by atoms with Crippen molar-refractivity contribution in [2.24, 2.45) is 0 Å². The van der Waals surface area contributed by atoms with Crippen LogP contribution in [0.2, 0.25) is 0 Å². The minimum atomic E-state index is -4.74. The number of rotatable bonds is 1. The molecule has 0 atom stereocenters. The van der Waals surface area contributed by atoms with Gasteiger partial charge in [-0.3, -0.25) is 10.1 Å². The van der Waals surface area contributed by atoms with E-state index < -0.39 is 12.2 Å². The molecule has 0 aliphatic carbocycles. The molecule has 2 aromatic rings. The summed E-state index contributed by atoms with van der Waals surface area (Å²) < 4.78 is 35.9. The Morgan fingerprint density at radius 2 is 2.12 bits per heavy atom. The quantitative estimate of drug-likeness (QED) is 0.732. The molecule has 4 nitrogen and oxygen atoms in total. The van der Waals surface area contributed by atoms with Crippen LogP contribution in [-0.2, 0) is 0 Å². The number of carbonyl (C=O) groups excluding carboxylic acids is 1. The lowest BCUT2D eigenvalue weighted by Gasteiger charge is -2.08. The van der Waals surface area contributed by atoms with E-state index in [4.69, 9.17) is 0 Å². The standard InChI is InChI=1S/C9H6F3N3O/c10-9(11,12)15-8(16)5-2-1-3-6-7(5)14-4-13-6/h1-4H,(H,13,14)(H,15,16). The number of aromatic nitrogens is 2. The second-order valence-electron chi connectivity index (χ2n) is 3.06. The van der Waals surface area contributed by atoms with Crippen LogP contribution in [0.4, 0.5) is 13.2 Å². The van der Waals surface area contributed by atoms with E-state index >= 15 is 0 Å². The number of carbonyl (C=O) groups is 1. The molecule has 2 rings (SSSR count). The smallest absolute Gasteiger partial charge is 0.345 e. The van der Waals surface area contributed by atoms with Gasteiger partial charge in [0.05, 0.1) is 17.4 Å². The molecule has 1 amide bonds. The first kappa shape index (κ1) is 10.5. The van der Waals surface area contributed by atoms with Crippen LogP contribution in [0, 0.1) is 0 Å². The van der Waals surface area contributed by atoms with Crippen LogP contribution in [-0.4, -0.2) is 22.2 Å². The summed E-state index contributed by atoms with van der Waals surface area (Å²) in [5, 5.41) is 0.925. The highest BCUT2D eigenvalue weighted by atomic mass is 19.4. The molecule has 0 saturated carbocycles. The maximum atomic E-state index is 12.0. The minimum absolute atomic E-state index is 0.115. The normalized spacial score (nSPS) is 11.7. The van der Waals surface area contributed by atoms with Gasteiger partial charge in [-0.05, 0) is 12.1 Å². The Morgan fingerprint density at radius 1 is 1.38 bits per heavy atom. The number of nitrogens with one attached hydrogen (secondary N) is 2. The van der Waals surface area contributed by atoms with Gasteiger partial charge in [0.25, 0.3) is 5.91 Å². The molecule has 1 heterocycles. The highest BCUT2D eigenvalue weighted by Gasteiger charge is 2.31. The summed E-state index contributed by atoms with van der Waals surface area (Å²) in [6.45, 7) is 0. The van der Waals surface area contributed by atoms with E-state index in [9.17, 15) is 18.0 Å². The fraction of sp³-hybridized carbons (Fsp3) is 0.111. The van der Waals surface area contributed by atoms with Gasteiger partial charge in [-0.2, -0.15) is 13.2 Å². The van der Waals surface area contributed by atoms with Crippen molar-refractivity contribution in [1.82, 2.24) is 15.3 Å². The highest BCUT2D eigenvalue weighted by Crippen LogP contribution is 2.17. The lowest BCUT2D eigenvalue weighted by molar-refractivity contribution is -0.146. The van der Waals surface area contributed by atoms with Gasteiger partial charge in [-0.15, -0.1) is 0 Å². The largest absolute Gasteiger partial charge is 0.484 e. The number of aromatic amines is 1. The Kier molecular flexibility index (Phi) is 2.30. The maximum absolute atomic E-state index is 12.0. The average Bonchev–Trinajstić information content (AvgIpc) is 2.61. The van der Waals surface area contributed by atoms with Gasteiger partial charge in [0, 0.05) is 0 Å². The van der Waals surface area contributed by atoms with Crippen molar-refractivity contribution in [1.29, 1.82) is 0 Å². The first-order chi connectivity index (χ1) is 7.47. The van der Waals surface area contributed by atoms with Gasteiger partial charge in [0.2, 0.25) is 0 Å². The van der Waals surface area contributed by atoms with E-state index in [2.05, 4.69) is 9.97 Å². The molecule has 2 N–H and O–H groups in total. The Bertz CT molecular complexity index is 532. The summed E-state index contributed by atoms with van der Waals surface area (Å²) in [6, 6.07) is 4.38. The Morgan fingerprint density at radius 3 is 2.81 bits per heavy atom. The van der Waals surface area contributed by atoms with Crippen LogP contribution in [0.1, 0.15) is 10.4 Å². The Hall–Kier alpha value is -2.05. The predicted molar refractivity (Wildman–Crippen MR) is 49.6 cm³/mol. The van der Waals surface area contributed by atoms with Crippen LogP contribution in [0.15, 0.2) is 24.5 Å². The van der Waals surface area contributed by atoms with Gasteiger partial charge in [-0.25, -0.2) is 4.98 Å². The first-order valence-corrected chi connectivity index (χ1v) is 4.29. The number of amides is 1. The lowest BCUT2D eigenvalue weighted by atomic mass is 10.2. The molecule has 0 fully saturated rings. The molecule has 1 aromatic heterocycles. The lowest BCUT2D eigenvalue weighted by Crippen LogP contribution is -2.37. The zero-order valence-electron chi connectivity index (χ0n) is 7.80. The number of halogens is 3. The molecule has 84 valence electrons. The van der Waals surface area contributed by atoms with E-state index in [-0.39, 0.29) is 11.1 Å². The molecule has 16 heavy (non-hydrogen) atoms. The molecule has 0 saturated heterocycles. The average molecular weight is 229 g/mol. The molecule has 0 aliphatic rings. The second kappa shape index (κ2) is 3.51. The third kappa shape index (κ3) is 1.97. The molecule has 0 spiro atoms. The second-order valence-corrected chi connectivity index (χ2v) is 3.06. The van der Waals surface area contributed by atoms with Gasteiger partial charge >= 0.3 is 6.30 Å². The zero-order valence-corrected chi connectivity index (χ0v) is 7.80. The summed E-state index contributed by atoms with van der Waals surface area (Å²) >= 11 is 0. The Labute approximate surface area is 87.5 Å². The molecule has 1 aromatic carbocycles. The Balaban J connectivity index is 2.40. The van der Waals surface area contributed by atoms with Gasteiger partial charge in [-0.1, -0.05) is 6.07 Å². The minimum Gasteiger partial charge on any atom is -0.345 e. The van der Waals surface area contributed by atoms with Crippen LogP contribution >= 0.6 is 0 Å². The number of alkyl halides is 3. The molecule has 0 unspecified atom stereocenters. The highest BCUT2D eigenvalue weighted by molar-refractivity contribution is 6.04. The van der Waals surface area contributed by atoms with Gasteiger partial charge in [0.1, 0.15) is 5.52 Å². The summed E-state index contributed by atoms with van der Waals surface area (Å²) in [5.74, 6) is -1.22. The molecule has 0 aliphatic heterocycles.